The van der Waals surface area contributed by atoms with Crippen LogP contribution in [0.15, 0.2) is 16.9 Å². The highest BCUT2D eigenvalue weighted by Gasteiger charge is 2.37. The largest absolute Gasteiger partial charge is 0.465 e. The highest BCUT2D eigenvalue weighted by atomic mass is 19.1. The lowest BCUT2D eigenvalue weighted by Crippen LogP contribution is -2.32. The quantitative estimate of drug-likeness (QED) is 0.439. The molecule has 1 aromatic carbocycles. The molecule has 0 spiro atoms. The molecule has 0 saturated carbocycles. The molecule has 0 radical (unpaired) electrons. The van der Waals surface area contributed by atoms with Gasteiger partial charge in [0, 0.05) is 17.0 Å². The Kier molecular flexibility index (Phi) is 4.36. The van der Waals surface area contributed by atoms with Crippen LogP contribution in [0.2, 0.25) is 0 Å². The summed E-state index contributed by atoms with van der Waals surface area (Å²) in [5, 5.41) is 12.8. The van der Waals surface area contributed by atoms with Crippen LogP contribution in [-0.4, -0.2) is 26.7 Å². The van der Waals surface area contributed by atoms with Crippen LogP contribution in [0.5, 0.6) is 0 Å². The molecule has 2 atom stereocenters. The van der Waals surface area contributed by atoms with Crippen molar-refractivity contribution in [2.75, 3.05) is 0 Å². The fourth-order valence-electron chi connectivity index (χ4n) is 5.87. The Bertz CT molecular complexity index is 1510. The second-order valence-corrected chi connectivity index (χ2v) is 9.17. The van der Waals surface area contributed by atoms with Gasteiger partial charge in [0.2, 0.25) is 0 Å². The number of halogens is 1. The predicted octanol–water partition coefficient (Wildman–Crippen LogP) is 3.68. The Morgan fingerprint density at radius 1 is 1.29 bits per heavy atom. The molecule has 0 fully saturated rings. The van der Waals surface area contributed by atoms with Gasteiger partial charge in [0.15, 0.2) is 0 Å². The summed E-state index contributed by atoms with van der Waals surface area (Å²) in [5.74, 6) is -1.24. The monoisotopic (exact) mass is 463 g/mol. The molecule has 2 aromatic heterocycles. The number of aromatic nitrogens is 2. The normalized spacial score (nSPS) is 19.9. The molecule has 2 N–H and O–H groups in total. The molecule has 2 aliphatic heterocycles. The van der Waals surface area contributed by atoms with Gasteiger partial charge in [-0.2, -0.15) is 0 Å². The number of aryl methyl sites for hydroxylation is 1. The van der Waals surface area contributed by atoms with Crippen molar-refractivity contribution in [3.8, 4) is 11.4 Å². The first kappa shape index (κ1) is 20.8. The average Bonchev–Trinajstić information content (AvgIpc) is 3.16. The molecule has 8 nitrogen and oxygen atoms in total. The highest BCUT2D eigenvalue weighted by Crippen LogP contribution is 2.45. The van der Waals surface area contributed by atoms with Crippen molar-refractivity contribution in [2.45, 2.75) is 58.2 Å². The topological polar surface area (TPSA) is 111 Å². The van der Waals surface area contributed by atoms with Gasteiger partial charge in [0.05, 0.1) is 41.0 Å². The Morgan fingerprint density at radius 3 is 2.82 bits per heavy atom. The zero-order valence-corrected chi connectivity index (χ0v) is 18.7. The summed E-state index contributed by atoms with van der Waals surface area (Å²) >= 11 is 0. The molecule has 1 amide bonds. The molecule has 1 aliphatic carbocycles. The van der Waals surface area contributed by atoms with E-state index in [1.807, 2.05) is 13.0 Å². The lowest BCUT2D eigenvalue weighted by molar-refractivity contribution is -0.148. The van der Waals surface area contributed by atoms with Gasteiger partial charge in [-0.25, -0.2) is 14.2 Å². The minimum Gasteiger partial charge on any atom is -0.465 e. The molecular formula is C25H22FN3O5. The molecule has 6 rings (SSSR count). The number of carbonyl (C=O) groups is 2. The second-order valence-electron chi connectivity index (χ2n) is 9.17. The lowest BCUT2D eigenvalue weighted by Gasteiger charge is -2.29. The predicted molar refractivity (Wildman–Crippen MR) is 120 cm³/mol. The van der Waals surface area contributed by atoms with E-state index in [0.29, 0.717) is 52.9 Å². The van der Waals surface area contributed by atoms with Crippen molar-refractivity contribution < 1.29 is 23.8 Å². The average molecular weight is 463 g/mol. The molecule has 3 aliphatic rings. The van der Waals surface area contributed by atoms with Crippen LogP contribution in [0.25, 0.3) is 22.3 Å². The molecule has 0 bridgehead atoms. The molecule has 34 heavy (non-hydrogen) atoms. The number of pyridine rings is 2. The van der Waals surface area contributed by atoms with E-state index in [2.05, 4.69) is 5.32 Å². The number of nitrogens with zero attached hydrogens (tertiary/aromatic N) is 2. The van der Waals surface area contributed by atoms with E-state index >= 15 is 0 Å². The highest BCUT2D eigenvalue weighted by molar-refractivity contribution is 5.93. The number of cyclic esters (lactones) is 1. The summed E-state index contributed by atoms with van der Waals surface area (Å²) in [7, 11) is 0. The molecule has 3 aromatic rings. The summed E-state index contributed by atoms with van der Waals surface area (Å²) in [4.78, 5) is 42.1. The van der Waals surface area contributed by atoms with Gasteiger partial charge in [-0.3, -0.25) is 9.59 Å². The van der Waals surface area contributed by atoms with Gasteiger partial charge >= 0.3 is 12.1 Å². The number of benzene rings is 1. The fourth-order valence-corrected chi connectivity index (χ4v) is 5.87. The smallest absolute Gasteiger partial charge is 0.405 e. The number of hydrogen-bond donors (Lipinski definition) is 2. The van der Waals surface area contributed by atoms with Crippen molar-refractivity contribution >= 4 is 23.0 Å². The third-order valence-corrected chi connectivity index (χ3v) is 7.49. The molecule has 9 heteroatoms. The van der Waals surface area contributed by atoms with Crippen molar-refractivity contribution in [3.63, 3.8) is 0 Å². The number of nitrogens with one attached hydrogen (secondary N) is 1. The van der Waals surface area contributed by atoms with E-state index in [1.165, 1.54) is 6.07 Å². The van der Waals surface area contributed by atoms with Crippen LogP contribution in [0.3, 0.4) is 0 Å². The van der Waals surface area contributed by atoms with Crippen molar-refractivity contribution in [1.82, 2.24) is 14.9 Å². The minimum absolute atomic E-state index is 0.0693. The van der Waals surface area contributed by atoms with E-state index in [0.717, 1.165) is 22.1 Å². The number of rotatable bonds is 2. The van der Waals surface area contributed by atoms with Crippen LogP contribution in [0.4, 0.5) is 9.18 Å². The first-order chi connectivity index (χ1) is 16.3. The zero-order valence-electron chi connectivity index (χ0n) is 18.7. The maximum atomic E-state index is 14.8. The standard InChI is InChI=1S/C25H22FN3O5/c1-3-11-13-6-19-22-14(8-29(19)23(30)15(13)9-34-24(11)31)21-17(28-25(32)33)5-4-12-10(2)16(26)7-18(27-22)20(12)21/h6-7,11,17,28H,3-5,8-9H2,1-2H3,(H,32,33). The van der Waals surface area contributed by atoms with Gasteiger partial charge in [0.25, 0.3) is 5.56 Å². The number of amides is 1. The number of ether oxygens (including phenoxy) is 1. The first-order valence-corrected chi connectivity index (χ1v) is 11.4. The molecular weight excluding hydrogens is 441 g/mol. The lowest BCUT2D eigenvalue weighted by atomic mass is 9.81. The SMILES string of the molecule is CCC1C(=O)OCc2c1cc1n(c2=O)Cc2c-1nc1cc(F)c(C)c3c1c2C(NC(=O)O)CC3. The second kappa shape index (κ2) is 7.12. The third kappa shape index (κ3) is 2.69. The van der Waals surface area contributed by atoms with Gasteiger partial charge in [0.1, 0.15) is 12.4 Å². The molecule has 0 saturated heterocycles. The Labute approximate surface area is 193 Å². The Morgan fingerprint density at radius 2 is 2.09 bits per heavy atom. The Balaban J connectivity index is 1.67. The number of hydrogen-bond acceptors (Lipinski definition) is 5. The third-order valence-electron chi connectivity index (χ3n) is 7.49. The van der Waals surface area contributed by atoms with E-state index in [-0.39, 0.29) is 30.5 Å². The van der Waals surface area contributed by atoms with E-state index in [9.17, 15) is 23.9 Å². The summed E-state index contributed by atoms with van der Waals surface area (Å²) in [6, 6.07) is 2.71. The van der Waals surface area contributed by atoms with E-state index in [1.54, 1.807) is 11.5 Å². The van der Waals surface area contributed by atoms with Crippen LogP contribution in [0, 0.1) is 12.7 Å². The van der Waals surface area contributed by atoms with Gasteiger partial charge in [-0.1, -0.05) is 6.92 Å². The summed E-state index contributed by atoms with van der Waals surface area (Å²) in [5.41, 5.74) is 5.29. The summed E-state index contributed by atoms with van der Waals surface area (Å²) in [6.07, 6.45) is 0.362. The minimum atomic E-state index is -1.14. The van der Waals surface area contributed by atoms with Crippen molar-refractivity contribution in [1.29, 1.82) is 0 Å². The molecule has 4 heterocycles. The van der Waals surface area contributed by atoms with Crippen molar-refractivity contribution in [2.24, 2.45) is 0 Å². The van der Waals surface area contributed by atoms with E-state index < -0.39 is 18.1 Å². The molecule has 174 valence electrons. The zero-order chi connectivity index (χ0) is 23.9. The van der Waals surface area contributed by atoms with E-state index in [4.69, 9.17) is 9.72 Å². The van der Waals surface area contributed by atoms with Gasteiger partial charge in [-0.15, -0.1) is 0 Å². The maximum absolute atomic E-state index is 14.8. The van der Waals surface area contributed by atoms with Crippen LogP contribution in [0.1, 0.15) is 65.1 Å². The van der Waals surface area contributed by atoms with Gasteiger partial charge < -0.3 is 19.7 Å². The van der Waals surface area contributed by atoms with Crippen LogP contribution in [-0.2, 0) is 29.1 Å². The summed E-state index contributed by atoms with van der Waals surface area (Å²) in [6.45, 7) is 3.75. The van der Waals surface area contributed by atoms with Crippen LogP contribution >= 0.6 is 0 Å². The van der Waals surface area contributed by atoms with Crippen molar-refractivity contribution in [3.05, 3.63) is 61.7 Å². The molecule has 2 unspecified atom stereocenters. The fraction of sp³-hybridized carbons (Fsp3) is 0.360. The summed E-state index contributed by atoms with van der Waals surface area (Å²) < 4.78 is 21.6. The van der Waals surface area contributed by atoms with Crippen LogP contribution < -0.4 is 10.9 Å². The first-order valence-electron chi connectivity index (χ1n) is 11.4. The number of carbonyl (C=O) groups excluding carboxylic acids is 1. The maximum Gasteiger partial charge on any atom is 0.405 e. The number of fused-ring (bicyclic) bond motifs is 5. The number of carboxylic acid groups (broad SMARTS) is 1. The Hall–Kier alpha value is -3.75. The number of esters is 1. The van der Waals surface area contributed by atoms with Gasteiger partial charge in [-0.05, 0) is 54.5 Å².